The molecule has 0 saturated carbocycles. The van der Waals surface area contributed by atoms with Gasteiger partial charge in [0.15, 0.2) is 0 Å². The number of hydrogen-bond donors (Lipinski definition) is 1. The zero-order chi connectivity index (χ0) is 17.1. The van der Waals surface area contributed by atoms with E-state index in [1.165, 1.54) is 0 Å². The van der Waals surface area contributed by atoms with Gasteiger partial charge in [-0.25, -0.2) is 5.43 Å². The van der Waals surface area contributed by atoms with Crippen molar-refractivity contribution >= 4 is 23.4 Å². The molecule has 1 aromatic carbocycles. The number of carbonyl (C=O) groups excluding carboxylic acids is 3. The van der Waals surface area contributed by atoms with E-state index in [0.29, 0.717) is 43.9 Å². The Kier molecular flexibility index (Phi) is 4.59. The maximum absolute atomic E-state index is 12.5. The van der Waals surface area contributed by atoms with Crippen molar-refractivity contribution in [2.75, 3.05) is 26.2 Å². The van der Waals surface area contributed by atoms with E-state index in [0.717, 1.165) is 5.56 Å². The molecule has 0 unspecified atom stereocenters. The molecule has 0 bridgehead atoms. The summed E-state index contributed by atoms with van der Waals surface area (Å²) >= 11 is 0. The van der Waals surface area contributed by atoms with E-state index in [-0.39, 0.29) is 24.1 Å². The Hall–Kier alpha value is -2.70. The first-order valence-electron chi connectivity index (χ1n) is 8.05. The lowest BCUT2D eigenvalue weighted by Gasteiger charge is -2.35. The number of piperazine rings is 1. The maximum atomic E-state index is 12.5. The molecule has 1 saturated heterocycles. The standard InChI is InChI=1S/C17H20N4O3/c1-12-3-2-4-13(11-12)16(23)20-7-9-21(10-8-20)17(24)14-5-6-15(22)19-18-14/h2-4,11H,5-10H2,1H3,(H,19,22). The predicted molar refractivity (Wildman–Crippen MR) is 88.5 cm³/mol. The maximum Gasteiger partial charge on any atom is 0.270 e. The van der Waals surface area contributed by atoms with Crippen molar-refractivity contribution in [2.45, 2.75) is 19.8 Å². The first-order chi connectivity index (χ1) is 11.5. The van der Waals surface area contributed by atoms with Gasteiger partial charge in [0.25, 0.3) is 11.8 Å². The molecule has 0 atom stereocenters. The molecule has 1 fully saturated rings. The SMILES string of the molecule is Cc1cccc(C(=O)N2CCN(C(=O)C3=NNC(=O)CC3)CC2)c1. The van der Waals surface area contributed by atoms with Gasteiger partial charge in [-0.15, -0.1) is 0 Å². The molecule has 126 valence electrons. The minimum Gasteiger partial charge on any atom is -0.335 e. The zero-order valence-corrected chi connectivity index (χ0v) is 13.6. The summed E-state index contributed by atoms with van der Waals surface area (Å²) in [4.78, 5) is 39.5. The number of benzene rings is 1. The van der Waals surface area contributed by atoms with Crippen LogP contribution in [0.4, 0.5) is 0 Å². The van der Waals surface area contributed by atoms with Crippen LogP contribution in [-0.4, -0.2) is 59.4 Å². The molecule has 7 heteroatoms. The van der Waals surface area contributed by atoms with Crippen molar-refractivity contribution in [3.63, 3.8) is 0 Å². The molecule has 2 aliphatic rings. The van der Waals surface area contributed by atoms with Crippen molar-refractivity contribution < 1.29 is 14.4 Å². The summed E-state index contributed by atoms with van der Waals surface area (Å²) in [5, 5.41) is 3.84. The van der Waals surface area contributed by atoms with Crippen LogP contribution in [-0.2, 0) is 9.59 Å². The molecule has 0 radical (unpaired) electrons. The third-order valence-corrected chi connectivity index (χ3v) is 4.27. The topological polar surface area (TPSA) is 82.1 Å². The highest BCUT2D eigenvalue weighted by Gasteiger charge is 2.28. The number of hydrazone groups is 1. The second-order valence-electron chi connectivity index (χ2n) is 6.05. The number of nitrogens with zero attached hydrogens (tertiary/aromatic N) is 3. The molecule has 3 amide bonds. The monoisotopic (exact) mass is 328 g/mol. The average Bonchev–Trinajstić information content (AvgIpc) is 2.61. The van der Waals surface area contributed by atoms with E-state index < -0.39 is 0 Å². The molecule has 2 heterocycles. The van der Waals surface area contributed by atoms with E-state index in [2.05, 4.69) is 10.5 Å². The highest BCUT2D eigenvalue weighted by Crippen LogP contribution is 2.12. The van der Waals surface area contributed by atoms with E-state index in [9.17, 15) is 14.4 Å². The number of rotatable bonds is 2. The largest absolute Gasteiger partial charge is 0.335 e. The molecular weight excluding hydrogens is 308 g/mol. The predicted octanol–water partition coefficient (Wildman–Crippen LogP) is 0.545. The molecule has 3 rings (SSSR count). The van der Waals surface area contributed by atoms with Crippen LogP contribution in [0, 0.1) is 6.92 Å². The second kappa shape index (κ2) is 6.82. The smallest absolute Gasteiger partial charge is 0.270 e. The summed E-state index contributed by atoms with van der Waals surface area (Å²) in [5.74, 6) is -0.328. The quantitative estimate of drug-likeness (QED) is 0.860. The number of hydrogen-bond acceptors (Lipinski definition) is 4. The Morgan fingerprint density at radius 3 is 2.29 bits per heavy atom. The van der Waals surface area contributed by atoms with E-state index in [1.54, 1.807) is 9.80 Å². The average molecular weight is 328 g/mol. The number of nitrogens with one attached hydrogen (secondary N) is 1. The molecule has 2 aliphatic heterocycles. The van der Waals surface area contributed by atoms with Crippen LogP contribution >= 0.6 is 0 Å². The third-order valence-electron chi connectivity index (χ3n) is 4.27. The minimum absolute atomic E-state index is 0.00642. The number of aryl methyl sites for hydroxylation is 1. The van der Waals surface area contributed by atoms with Gasteiger partial charge in [-0.05, 0) is 19.1 Å². The molecular formula is C17H20N4O3. The van der Waals surface area contributed by atoms with E-state index >= 15 is 0 Å². The highest BCUT2D eigenvalue weighted by molar-refractivity contribution is 6.39. The normalized spacial score (nSPS) is 18.0. The van der Waals surface area contributed by atoms with Crippen LogP contribution in [0.25, 0.3) is 0 Å². The highest BCUT2D eigenvalue weighted by atomic mass is 16.2. The van der Waals surface area contributed by atoms with Crippen LogP contribution in [0.15, 0.2) is 29.4 Å². The van der Waals surface area contributed by atoms with Crippen molar-refractivity contribution in [2.24, 2.45) is 5.10 Å². The first-order valence-corrected chi connectivity index (χ1v) is 8.05. The molecule has 24 heavy (non-hydrogen) atoms. The van der Waals surface area contributed by atoms with Gasteiger partial charge in [0.2, 0.25) is 5.91 Å². The summed E-state index contributed by atoms with van der Waals surface area (Å²) < 4.78 is 0. The molecule has 7 nitrogen and oxygen atoms in total. The van der Waals surface area contributed by atoms with Crippen molar-refractivity contribution in [1.29, 1.82) is 0 Å². The van der Waals surface area contributed by atoms with Gasteiger partial charge in [-0.1, -0.05) is 17.7 Å². The third kappa shape index (κ3) is 3.45. The fourth-order valence-electron chi connectivity index (χ4n) is 2.88. The van der Waals surface area contributed by atoms with Crippen molar-refractivity contribution in [3.8, 4) is 0 Å². The molecule has 1 aromatic rings. The van der Waals surface area contributed by atoms with Gasteiger partial charge in [0.1, 0.15) is 5.71 Å². The Morgan fingerprint density at radius 1 is 1.04 bits per heavy atom. The zero-order valence-electron chi connectivity index (χ0n) is 13.6. The van der Waals surface area contributed by atoms with Crippen LogP contribution in [0.1, 0.15) is 28.8 Å². The molecule has 0 spiro atoms. The van der Waals surface area contributed by atoms with Crippen LogP contribution in [0.5, 0.6) is 0 Å². The summed E-state index contributed by atoms with van der Waals surface area (Å²) in [6, 6.07) is 7.51. The fourth-order valence-corrected chi connectivity index (χ4v) is 2.88. The lowest BCUT2D eigenvalue weighted by molar-refractivity contribution is -0.126. The lowest BCUT2D eigenvalue weighted by atomic mass is 10.1. The summed E-state index contributed by atoms with van der Waals surface area (Å²) in [5.41, 5.74) is 4.45. The molecule has 0 aromatic heterocycles. The van der Waals surface area contributed by atoms with Gasteiger partial charge in [0.05, 0.1) is 0 Å². The lowest BCUT2D eigenvalue weighted by Crippen LogP contribution is -2.52. The van der Waals surface area contributed by atoms with Crippen molar-refractivity contribution in [3.05, 3.63) is 35.4 Å². The van der Waals surface area contributed by atoms with Gasteiger partial charge < -0.3 is 9.80 Å². The van der Waals surface area contributed by atoms with Crippen LogP contribution < -0.4 is 5.43 Å². The molecule has 0 aliphatic carbocycles. The van der Waals surface area contributed by atoms with E-state index in [1.807, 2.05) is 31.2 Å². The van der Waals surface area contributed by atoms with Gasteiger partial charge >= 0.3 is 0 Å². The van der Waals surface area contributed by atoms with Crippen LogP contribution in [0.3, 0.4) is 0 Å². The van der Waals surface area contributed by atoms with Gasteiger partial charge in [0, 0.05) is 44.6 Å². The van der Waals surface area contributed by atoms with Crippen LogP contribution in [0.2, 0.25) is 0 Å². The Morgan fingerprint density at radius 2 is 1.71 bits per heavy atom. The molecule has 1 N–H and O–H groups in total. The second-order valence-corrected chi connectivity index (χ2v) is 6.05. The Balaban J connectivity index is 1.58. The Bertz CT molecular complexity index is 706. The summed E-state index contributed by atoms with van der Waals surface area (Å²) in [6.07, 6.45) is 0.656. The van der Waals surface area contributed by atoms with Gasteiger partial charge in [-0.3, -0.25) is 14.4 Å². The minimum atomic E-state index is -0.167. The first kappa shape index (κ1) is 16.2. The van der Waals surface area contributed by atoms with E-state index in [4.69, 9.17) is 0 Å². The number of carbonyl (C=O) groups is 3. The fraction of sp³-hybridized carbons (Fsp3) is 0.412. The van der Waals surface area contributed by atoms with Gasteiger partial charge in [-0.2, -0.15) is 5.10 Å². The summed E-state index contributed by atoms with van der Waals surface area (Å²) in [6.45, 7) is 3.90. The Labute approximate surface area is 140 Å². The summed E-state index contributed by atoms with van der Waals surface area (Å²) in [7, 11) is 0. The number of amides is 3. The van der Waals surface area contributed by atoms with Crippen molar-refractivity contribution in [1.82, 2.24) is 15.2 Å².